The lowest BCUT2D eigenvalue weighted by molar-refractivity contribution is 0.118. The molecule has 3 heteroatoms. The molecule has 0 aliphatic rings. The Balaban J connectivity index is 1.51. The summed E-state index contributed by atoms with van der Waals surface area (Å²) in [5.41, 5.74) is 2.56. The lowest BCUT2D eigenvalue weighted by atomic mass is 10.2. The van der Waals surface area contributed by atoms with Crippen molar-refractivity contribution in [3.63, 3.8) is 0 Å². The van der Waals surface area contributed by atoms with E-state index in [0.29, 0.717) is 6.61 Å². The van der Waals surface area contributed by atoms with Crippen LogP contribution in [0.1, 0.15) is 17.5 Å². The van der Waals surface area contributed by atoms with Gasteiger partial charge >= 0.3 is 0 Å². The second-order valence-electron chi connectivity index (χ2n) is 4.69. The van der Waals surface area contributed by atoms with Crippen LogP contribution in [0, 0.1) is 3.57 Å². The van der Waals surface area contributed by atoms with Gasteiger partial charge in [-0.1, -0.05) is 42.5 Å². The SMILES string of the molecule is Ic1ccc(COCCCNCc2ccccc2)cc1. The number of nitrogens with one attached hydrogen (secondary N) is 1. The number of rotatable bonds is 8. The fourth-order valence-electron chi connectivity index (χ4n) is 1.90. The number of benzene rings is 2. The van der Waals surface area contributed by atoms with E-state index in [0.717, 1.165) is 26.1 Å². The van der Waals surface area contributed by atoms with Crippen LogP contribution in [0.2, 0.25) is 0 Å². The molecule has 0 heterocycles. The van der Waals surface area contributed by atoms with Crippen molar-refractivity contribution in [3.8, 4) is 0 Å². The molecule has 2 rings (SSSR count). The summed E-state index contributed by atoms with van der Waals surface area (Å²) in [6.45, 7) is 3.42. The normalized spacial score (nSPS) is 10.7. The summed E-state index contributed by atoms with van der Waals surface area (Å²) in [6.07, 6.45) is 1.04. The Morgan fingerprint density at radius 1 is 0.900 bits per heavy atom. The van der Waals surface area contributed by atoms with Gasteiger partial charge in [-0.05, 0) is 58.8 Å². The van der Waals surface area contributed by atoms with Crippen molar-refractivity contribution in [2.45, 2.75) is 19.6 Å². The van der Waals surface area contributed by atoms with Gasteiger partial charge in [0, 0.05) is 16.7 Å². The predicted octanol–water partition coefficient (Wildman–Crippen LogP) is 3.99. The van der Waals surface area contributed by atoms with Crippen LogP contribution in [0.3, 0.4) is 0 Å². The zero-order valence-electron chi connectivity index (χ0n) is 11.5. The molecule has 1 N–H and O–H groups in total. The Morgan fingerprint density at radius 2 is 1.65 bits per heavy atom. The van der Waals surface area contributed by atoms with Crippen LogP contribution in [0.5, 0.6) is 0 Å². The Morgan fingerprint density at radius 3 is 2.40 bits per heavy atom. The molecular weight excluding hydrogens is 361 g/mol. The molecule has 106 valence electrons. The van der Waals surface area contributed by atoms with E-state index in [9.17, 15) is 0 Å². The first-order chi connectivity index (χ1) is 9.84. The zero-order chi connectivity index (χ0) is 14.0. The molecule has 2 aromatic rings. The highest BCUT2D eigenvalue weighted by Crippen LogP contribution is 2.07. The van der Waals surface area contributed by atoms with Crippen molar-refractivity contribution in [1.82, 2.24) is 5.32 Å². The fraction of sp³-hybridized carbons (Fsp3) is 0.294. The maximum absolute atomic E-state index is 5.67. The Hall–Kier alpha value is -0.910. The Kier molecular flexibility index (Phi) is 7.05. The smallest absolute Gasteiger partial charge is 0.0716 e. The average Bonchev–Trinajstić information content (AvgIpc) is 2.49. The lowest BCUT2D eigenvalue weighted by Gasteiger charge is -2.06. The highest BCUT2D eigenvalue weighted by atomic mass is 127. The van der Waals surface area contributed by atoms with Crippen LogP contribution in [0.4, 0.5) is 0 Å². The summed E-state index contributed by atoms with van der Waals surface area (Å²) >= 11 is 2.31. The molecule has 0 aliphatic carbocycles. The Bertz CT molecular complexity index is 484. The van der Waals surface area contributed by atoms with Gasteiger partial charge in [0.15, 0.2) is 0 Å². The van der Waals surface area contributed by atoms with E-state index in [4.69, 9.17) is 4.74 Å². The maximum Gasteiger partial charge on any atom is 0.0716 e. The van der Waals surface area contributed by atoms with Crippen LogP contribution in [-0.4, -0.2) is 13.2 Å². The maximum atomic E-state index is 5.67. The van der Waals surface area contributed by atoms with Crippen molar-refractivity contribution in [3.05, 3.63) is 69.3 Å². The summed E-state index contributed by atoms with van der Waals surface area (Å²) in [4.78, 5) is 0. The van der Waals surface area contributed by atoms with Gasteiger partial charge in [0.2, 0.25) is 0 Å². The third-order valence-corrected chi connectivity index (χ3v) is 3.72. The molecule has 0 bridgehead atoms. The van der Waals surface area contributed by atoms with Crippen molar-refractivity contribution < 1.29 is 4.74 Å². The van der Waals surface area contributed by atoms with Gasteiger partial charge in [-0.2, -0.15) is 0 Å². The molecule has 0 unspecified atom stereocenters. The number of ether oxygens (including phenoxy) is 1. The highest BCUT2D eigenvalue weighted by molar-refractivity contribution is 14.1. The minimum absolute atomic E-state index is 0.704. The van der Waals surface area contributed by atoms with Crippen LogP contribution < -0.4 is 5.32 Å². The molecule has 0 spiro atoms. The monoisotopic (exact) mass is 381 g/mol. The van der Waals surface area contributed by atoms with Crippen molar-refractivity contribution >= 4 is 22.6 Å². The van der Waals surface area contributed by atoms with Gasteiger partial charge in [-0.25, -0.2) is 0 Å². The van der Waals surface area contributed by atoms with E-state index in [1.807, 2.05) is 6.07 Å². The van der Waals surface area contributed by atoms with Gasteiger partial charge in [0.05, 0.1) is 6.61 Å². The van der Waals surface area contributed by atoms with Gasteiger partial charge < -0.3 is 10.1 Å². The molecule has 0 fully saturated rings. The van der Waals surface area contributed by atoms with E-state index >= 15 is 0 Å². The second kappa shape index (κ2) is 9.10. The van der Waals surface area contributed by atoms with Gasteiger partial charge in [-0.15, -0.1) is 0 Å². The number of hydrogen-bond donors (Lipinski definition) is 1. The Labute approximate surface area is 134 Å². The molecule has 0 aliphatic heterocycles. The third-order valence-electron chi connectivity index (χ3n) is 3.00. The summed E-state index contributed by atoms with van der Waals surface area (Å²) in [5, 5.41) is 3.43. The largest absolute Gasteiger partial charge is 0.377 e. The highest BCUT2D eigenvalue weighted by Gasteiger charge is 1.94. The van der Waals surface area contributed by atoms with Gasteiger partial charge in [0.25, 0.3) is 0 Å². The predicted molar refractivity (Wildman–Crippen MR) is 91.6 cm³/mol. The van der Waals surface area contributed by atoms with E-state index in [1.165, 1.54) is 14.7 Å². The van der Waals surface area contributed by atoms with Crippen molar-refractivity contribution in [2.24, 2.45) is 0 Å². The molecular formula is C17H20INO. The minimum atomic E-state index is 0.704. The van der Waals surface area contributed by atoms with E-state index in [1.54, 1.807) is 0 Å². The van der Waals surface area contributed by atoms with E-state index in [-0.39, 0.29) is 0 Å². The molecule has 0 atom stereocenters. The zero-order valence-corrected chi connectivity index (χ0v) is 13.7. The van der Waals surface area contributed by atoms with Gasteiger partial charge in [0.1, 0.15) is 0 Å². The van der Waals surface area contributed by atoms with Crippen LogP contribution >= 0.6 is 22.6 Å². The topological polar surface area (TPSA) is 21.3 Å². The first kappa shape index (κ1) is 15.5. The minimum Gasteiger partial charge on any atom is -0.377 e. The molecule has 0 radical (unpaired) electrons. The van der Waals surface area contributed by atoms with Crippen LogP contribution in [-0.2, 0) is 17.9 Å². The second-order valence-corrected chi connectivity index (χ2v) is 5.94. The molecule has 0 amide bonds. The average molecular weight is 381 g/mol. The summed E-state index contributed by atoms with van der Waals surface area (Å²) < 4.78 is 6.93. The molecule has 0 saturated heterocycles. The van der Waals surface area contributed by atoms with Gasteiger partial charge in [-0.3, -0.25) is 0 Å². The van der Waals surface area contributed by atoms with Crippen molar-refractivity contribution in [2.75, 3.05) is 13.2 Å². The summed E-state index contributed by atoms with van der Waals surface area (Å²) in [7, 11) is 0. The van der Waals surface area contributed by atoms with Crippen LogP contribution in [0.15, 0.2) is 54.6 Å². The third kappa shape index (κ3) is 6.03. The van der Waals surface area contributed by atoms with E-state index < -0.39 is 0 Å². The molecule has 0 saturated carbocycles. The summed E-state index contributed by atoms with van der Waals surface area (Å²) in [6, 6.07) is 18.9. The molecule has 2 aromatic carbocycles. The molecule has 2 nitrogen and oxygen atoms in total. The number of halogens is 1. The quantitative estimate of drug-likeness (QED) is 0.552. The molecule has 20 heavy (non-hydrogen) atoms. The first-order valence-corrected chi connectivity index (χ1v) is 7.99. The van der Waals surface area contributed by atoms with E-state index in [2.05, 4.69) is 76.4 Å². The summed E-state index contributed by atoms with van der Waals surface area (Å²) in [5.74, 6) is 0. The number of hydrogen-bond acceptors (Lipinski definition) is 2. The lowest BCUT2D eigenvalue weighted by Crippen LogP contribution is -2.16. The first-order valence-electron chi connectivity index (χ1n) is 6.91. The standard InChI is InChI=1S/C17H20INO/c18-17-9-7-16(8-10-17)14-20-12-4-11-19-13-15-5-2-1-3-6-15/h1-3,5-10,19H,4,11-14H2. The van der Waals surface area contributed by atoms with Crippen LogP contribution in [0.25, 0.3) is 0 Å². The fourth-order valence-corrected chi connectivity index (χ4v) is 2.26. The van der Waals surface area contributed by atoms with Crippen molar-refractivity contribution in [1.29, 1.82) is 0 Å². The molecule has 0 aromatic heterocycles.